The van der Waals surface area contributed by atoms with Gasteiger partial charge in [-0.15, -0.1) is 11.3 Å². The van der Waals surface area contributed by atoms with Crippen LogP contribution in [0.5, 0.6) is 0 Å². The lowest BCUT2D eigenvalue weighted by molar-refractivity contribution is -0.117. The molecule has 0 saturated carbocycles. The van der Waals surface area contributed by atoms with Crippen LogP contribution < -0.4 is 5.32 Å². The summed E-state index contributed by atoms with van der Waals surface area (Å²) in [5.41, 5.74) is 4.32. The third-order valence-electron chi connectivity index (χ3n) is 4.40. The molecule has 4 nitrogen and oxygen atoms in total. The monoisotopic (exact) mass is 335 g/mol. The fourth-order valence-electron chi connectivity index (χ4n) is 3.21. The van der Waals surface area contributed by atoms with Crippen molar-refractivity contribution >= 4 is 22.4 Å². The summed E-state index contributed by atoms with van der Waals surface area (Å²) in [7, 11) is 0. The highest BCUT2D eigenvalue weighted by atomic mass is 32.1. The number of benzene rings is 1. The lowest BCUT2D eigenvalue weighted by Gasteiger charge is -2.24. The van der Waals surface area contributed by atoms with E-state index in [-0.39, 0.29) is 11.8 Å². The fraction of sp³-hybridized carbons (Fsp3) is 0.211. The molecule has 2 heterocycles. The van der Waals surface area contributed by atoms with Gasteiger partial charge in [-0.3, -0.25) is 9.78 Å². The number of thiazole rings is 1. The molecular weight excluding hydrogens is 318 g/mol. The predicted molar refractivity (Wildman–Crippen MR) is 96.1 cm³/mol. The molecule has 1 atom stereocenters. The van der Waals surface area contributed by atoms with Crippen molar-refractivity contribution in [2.75, 3.05) is 5.32 Å². The van der Waals surface area contributed by atoms with Crippen molar-refractivity contribution in [1.82, 2.24) is 9.97 Å². The summed E-state index contributed by atoms with van der Waals surface area (Å²) in [5, 5.41) is 5.60. The van der Waals surface area contributed by atoms with E-state index >= 15 is 0 Å². The van der Waals surface area contributed by atoms with Crippen LogP contribution in [0.2, 0.25) is 0 Å². The maximum Gasteiger partial charge on any atom is 0.233 e. The molecule has 0 aliphatic heterocycles. The van der Waals surface area contributed by atoms with Gasteiger partial charge in [-0.25, -0.2) is 4.98 Å². The van der Waals surface area contributed by atoms with Gasteiger partial charge in [-0.05, 0) is 42.5 Å². The summed E-state index contributed by atoms with van der Waals surface area (Å²) in [4.78, 5) is 21.3. The van der Waals surface area contributed by atoms with Crippen LogP contribution in [0, 0.1) is 0 Å². The van der Waals surface area contributed by atoms with Gasteiger partial charge in [-0.2, -0.15) is 0 Å². The summed E-state index contributed by atoms with van der Waals surface area (Å²) >= 11 is 1.45. The number of pyridine rings is 1. The first kappa shape index (κ1) is 15.0. The van der Waals surface area contributed by atoms with Crippen LogP contribution in [0.3, 0.4) is 0 Å². The molecule has 4 rings (SSSR count). The Labute approximate surface area is 144 Å². The molecule has 0 saturated heterocycles. The molecule has 1 aliphatic rings. The minimum atomic E-state index is -0.0803. The molecule has 0 fully saturated rings. The number of fused-ring (bicyclic) bond motifs is 1. The second-order valence-electron chi connectivity index (χ2n) is 5.91. The number of rotatable bonds is 3. The van der Waals surface area contributed by atoms with Crippen molar-refractivity contribution in [1.29, 1.82) is 0 Å². The molecule has 1 unspecified atom stereocenters. The van der Waals surface area contributed by atoms with Crippen LogP contribution in [0.4, 0.5) is 5.13 Å². The van der Waals surface area contributed by atoms with E-state index in [0.717, 1.165) is 36.1 Å². The minimum Gasteiger partial charge on any atom is -0.301 e. The Hall–Kier alpha value is -2.53. The number of carbonyl (C=O) groups is 1. The molecule has 1 aromatic carbocycles. The number of nitrogens with zero attached hydrogens (tertiary/aromatic N) is 2. The third-order valence-corrected chi connectivity index (χ3v) is 5.15. The molecule has 2 aromatic heterocycles. The molecular formula is C19H17N3OS. The van der Waals surface area contributed by atoms with E-state index in [1.54, 1.807) is 12.4 Å². The van der Waals surface area contributed by atoms with Gasteiger partial charge < -0.3 is 5.32 Å². The number of nitrogens with one attached hydrogen (secondary N) is 1. The maximum absolute atomic E-state index is 12.7. The molecule has 0 spiro atoms. The first-order valence-electron chi connectivity index (χ1n) is 8.06. The predicted octanol–water partition coefficient (Wildman–Crippen LogP) is 4.26. The maximum atomic E-state index is 12.7. The lowest BCUT2D eigenvalue weighted by atomic mass is 9.82. The number of aromatic nitrogens is 2. The molecule has 3 aromatic rings. The van der Waals surface area contributed by atoms with Crippen molar-refractivity contribution in [2.45, 2.75) is 25.2 Å². The zero-order valence-corrected chi connectivity index (χ0v) is 13.9. The van der Waals surface area contributed by atoms with E-state index in [1.807, 2.05) is 29.6 Å². The van der Waals surface area contributed by atoms with Crippen LogP contribution in [0.15, 0.2) is 54.2 Å². The van der Waals surface area contributed by atoms with Crippen LogP contribution in [-0.4, -0.2) is 15.9 Å². The van der Waals surface area contributed by atoms with Gasteiger partial charge in [0, 0.05) is 23.3 Å². The van der Waals surface area contributed by atoms with Crippen molar-refractivity contribution in [3.8, 4) is 11.3 Å². The summed E-state index contributed by atoms with van der Waals surface area (Å²) < 4.78 is 0. The van der Waals surface area contributed by atoms with Crippen molar-refractivity contribution in [3.63, 3.8) is 0 Å². The van der Waals surface area contributed by atoms with Gasteiger partial charge in [0.1, 0.15) is 0 Å². The molecule has 0 radical (unpaired) electrons. The Balaban J connectivity index is 1.53. The second kappa shape index (κ2) is 6.53. The summed E-state index contributed by atoms with van der Waals surface area (Å²) in [5.74, 6) is -0.0407. The Kier molecular flexibility index (Phi) is 4.09. The Bertz CT molecular complexity index is 860. The zero-order valence-electron chi connectivity index (χ0n) is 13.1. The van der Waals surface area contributed by atoms with E-state index in [2.05, 4.69) is 27.4 Å². The number of hydrogen-bond acceptors (Lipinski definition) is 4. The Morgan fingerprint density at radius 3 is 2.88 bits per heavy atom. The van der Waals surface area contributed by atoms with Crippen molar-refractivity contribution in [2.24, 2.45) is 0 Å². The molecule has 1 N–H and O–H groups in total. The normalized spacial score (nSPS) is 16.4. The van der Waals surface area contributed by atoms with Gasteiger partial charge in [-0.1, -0.05) is 24.3 Å². The topological polar surface area (TPSA) is 54.9 Å². The molecule has 24 heavy (non-hydrogen) atoms. The van der Waals surface area contributed by atoms with E-state index in [0.29, 0.717) is 5.13 Å². The average Bonchev–Trinajstić information content (AvgIpc) is 3.10. The van der Waals surface area contributed by atoms with Gasteiger partial charge in [0.15, 0.2) is 5.13 Å². The van der Waals surface area contributed by atoms with E-state index in [1.165, 1.54) is 16.9 Å². The highest BCUT2D eigenvalue weighted by Gasteiger charge is 2.26. The smallest absolute Gasteiger partial charge is 0.233 e. The van der Waals surface area contributed by atoms with Crippen LogP contribution in [0.1, 0.15) is 29.9 Å². The minimum absolute atomic E-state index is 0.0396. The molecule has 1 aliphatic carbocycles. The van der Waals surface area contributed by atoms with E-state index in [4.69, 9.17) is 0 Å². The van der Waals surface area contributed by atoms with Gasteiger partial charge >= 0.3 is 0 Å². The van der Waals surface area contributed by atoms with Crippen molar-refractivity contribution < 1.29 is 4.79 Å². The highest BCUT2D eigenvalue weighted by Crippen LogP contribution is 2.33. The Morgan fingerprint density at radius 1 is 1.17 bits per heavy atom. The molecule has 0 bridgehead atoms. The number of carbonyl (C=O) groups excluding carboxylic acids is 1. The zero-order chi connectivity index (χ0) is 16.4. The number of amides is 1. The first-order valence-corrected chi connectivity index (χ1v) is 8.94. The largest absolute Gasteiger partial charge is 0.301 e. The number of anilines is 1. The van der Waals surface area contributed by atoms with Crippen LogP contribution in [0.25, 0.3) is 11.3 Å². The van der Waals surface area contributed by atoms with E-state index < -0.39 is 0 Å². The first-order chi connectivity index (χ1) is 11.8. The number of aryl methyl sites for hydroxylation is 1. The third kappa shape index (κ3) is 2.95. The van der Waals surface area contributed by atoms with Crippen LogP contribution in [-0.2, 0) is 11.2 Å². The van der Waals surface area contributed by atoms with Gasteiger partial charge in [0.2, 0.25) is 5.91 Å². The van der Waals surface area contributed by atoms with Crippen LogP contribution >= 0.6 is 11.3 Å². The molecule has 1 amide bonds. The Morgan fingerprint density at radius 2 is 2.00 bits per heavy atom. The summed E-state index contributed by atoms with van der Waals surface area (Å²) in [6.07, 6.45) is 6.49. The average molecular weight is 335 g/mol. The van der Waals surface area contributed by atoms with E-state index in [9.17, 15) is 4.79 Å². The number of hydrogen-bond donors (Lipinski definition) is 1. The fourth-order valence-corrected chi connectivity index (χ4v) is 3.93. The second-order valence-corrected chi connectivity index (χ2v) is 6.76. The highest BCUT2D eigenvalue weighted by molar-refractivity contribution is 7.14. The summed E-state index contributed by atoms with van der Waals surface area (Å²) in [6.45, 7) is 0. The van der Waals surface area contributed by atoms with Gasteiger partial charge in [0.25, 0.3) is 0 Å². The summed E-state index contributed by atoms with van der Waals surface area (Å²) in [6, 6.07) is 12.1. The standard InChI is InChI=1S/C19H17N3OS/c23-18(16-7-3-5-13-4-1-2-6-15(13)16)22-19-21-17(12-24-19)14-8-10-20-11-9-14/h1-2,4,6,8-12,16H,3,5,7H2,(H,21,22,23). The van der Waals surface area contributed by atoms with Gasteiger partial charge in [0.05, 0.1) is 11.6 Å². The SMILES string of the molecule is O=C(Nc1nc(-c2ccncc2)cs1)C1CCCc2ccccc21. The van der Waals surface area contributed by atoms with Crippen molar-refractivity contribution in [3.05, 3.63) is 65.3 Å². The molecule has 120 valence electrons. The molecule has 5 heteroatoms. The quantitative estimate of drug-likeness (QED) is 0.778. The lowest BCUT2D eigenvalue weighted by Crippen LogP contribution is -2.24.